The minimum Gasteiger partial charge on any atom is -0.497 e. The van der Waals surface area contributed by atoms with Crippen LogP contribution in [0.25, 0.3) is 21.2 Å². The summed E-state index contributed by atoms with van der Waals surface area (Å²) < 4.78 is 18.0. The third-order valence-corrected chi connectivity index (χ3v) is 6.59. The fourth-order valence-electron chi connectivity index (χ4n) is 3.82. The van der Waals surface area contributed by atoms with E-state index >= 15 is 0 Å². The average molecular weight is 511 g/mol. The lowest BCUT2D eigenvalue weighted by molar-refractivity contribution is 0.104. The summed E-state index contributed by atoms with van der Waals surface area (Å²) >= 11 is 4.98. The summed E-state index contributed by atoms with van der Waals surface area (Å²) in [7, 11) is 3.23. The second kappa shape index (κ2) is 9.76. The maximum atomic E-state index is 13.9. The molecule has 4 nitrogen and oxygen atoms in total. The van der Waals surface area contributed by atoms with Crippen LogP contribution >= 0.6 is 27.3 Å². The van der Waals surface area contributed by atoms with Crippen molar-refractivity contribution in [1.29, 1.82) is 0 Å². The van der Waals surface area contributed by atoms with E-state index in [0.717, 1.165) is 32.1 Å². The number of ketones is 1. The van der Waals surface area contributed by atoms with E-state index in [4.69, 9.17) is 14.2 Å². The average Bonchev–Trinajstić information content (AvgIpc) is 3.25. The summed E-state index contributed by atoms with van der Waals surface area (Å²) in [4.78, 5) is 13.9. The van der Waals surface area contributed by atoms with Gasteiger partial charge >= 0.3 is 0 Å². The number of fused-ring (bicyclic) bond motifs is 1. The van der Waals surface area contributed by atoms with Crippen LogP contribution in [0.3, 0.4) is 0 Å². The number of thiophene rings is 1. The van der Waals surface area contributed by atoms with Crippen molar-refractivity contribution in [1.82, 2.24) is 0 Å². The number of ether oxygens (including phenoxy) is 3. The molecule has 0 N–H and O–H groups in total. The summed E-state index contributed by atoms with van der Waals surface area (Å²) in [6.45, 7) is 2.48. The number of benzene rings is 3. The molecule has 0 aliphatic carbocycles. The fraction of sp³-hybridized carbons (Fsp3) is 0.192. The van der Waals surface area contributed by atoms with Crippen LogP contribution in [-0.2, 0) is 0 Å². The Morgan fingerprint density at radius 2 is 1.78 bits per heavy atom. The third kappa shape index (κ3) is 4.25. The topological polar surface area (TPSA) is 44.8 Å². The van der Waals surface area contributed by atoms with Crippen molar-refractivity contribution in [3.63, 3.8) is 0 Å². The van der Waals surface area contributed by atoms with E-state index in [0.29, 0.717) is 35.0 Å². The molecule has 0 bridgehead atoms. The number of carbonyl (C=O) groups is 1. The predicted molar refractivity (Wildman–Crippen MR) is 134 cm³/mol. The number of halogens is 1. The highest BCUT2D eigenvalue weighted by Crippen LogP contribution is 2.40. The van der Waals surface area contributed by atoms with Gasteiger partial charge in [-0.2, -0.15) is 0 Å². The maximum absolute atomic E-state index is 13.9. The molecular formula is C26H23BrO4S. The number of rotatable bonds is 8. The van der Waals surface area contributed by atoms with Crippen LogP contribution in [0.2, 0.25) is 0 Å². The lowest BCUT2D eigenvalue weighted by Crippen LogP contribution is -2.08. The lowest BCUT2D eigenvalue weighted by atomic mass is 9.89. The first-order chi connectivity index (χ1) is 15.6. The largest absolute Gasteiger partial charge is 0.497 e. The Morgan fingerprint density at radius 3 is 2.53 bits per heavy atom. The van der Waals surface area contributed by atoms with E-state index in [1.807, 2.05) is 66.9 Å². The molecule has 0 unspecified atom stereocenters. The van der Waals surface area contributed by atoms with Gasteiger partial charge in [-0.1, -0.05) is 34.1 Å². The Balaban J connectivity index is 1.93. The highest BCUT2D eigenvalue weighted by molar-refractivity contribution is 9.09. The maximum Gasteiger partial charge on any atom is 0.195 e. The number of hydrogen-bond donors (Lipinski definition) is 0. The molecular weight excluding hydrogens is 488 g/mol. The molecule has 32 heavy (non-hydrogen) atoms. The standard InChI is InChI=1S/C26H23BrO4S/c1-16-12-18(31-11-10-27)13-21(19-9-8-17(29-2)14-23(19)30-3)25(16)26(28)22-15-32-24-7-5-4-6-20(22)24/h4-9,12-15H,10-11H2,1-3H3. The fourth-order valence-corrected chi connectivity index (χ4v) is 4.92. The number of carbonyl (C=O) groups excluding carboxylic acids is 1. The Morgan fingerprint density at radius 1 is 0.969 bits per heavy atom. The number of hydrogen-bond acceptors (Lipinski definition) is 5. The zero-order valence-corrected chi connectivity index (χ0v) is 20.5. The molecule has 6 heteroatoms. The zero-order valence-electron chi connectivity index (χ0n) is 18.1. The number of alkyl halides is 1. The normalized spacial score (nSPS) is 10.9. The van der Waals surface area contributed by atoms with Crippen LogP contribution in [0.15, 0.2) is 60.0 Å². The zero-order chi connectivity index (χ0) is 22.7. The van der Waals surface area contributed by atoms with E-state index in [1.165, 1.54) is 0 Å². The van der Waals surface area contributed by atoms with E-state index in [-0.39, 0.29) is 5.78 Å². The lowest BCUT2D eigenvalue weighted by Gasteiger charge is -2.17. The van der Waals surface area contributed by atoms with Gasteiger partial charge in [0.05, 0.1) is 20.8 Å². The molecule has 164 valence electrons. The van der Waals surface area contributed by atoms with Crippen molar-refractivity contribution in [2.45, 2.75) is 6.92 Å². The first-order valence-corrected chi connectivity index (χ1v) is 12.1. The molecule has 0 aliphatic rings. The van der Waals surface area contributed by atoms with Crippen LogP contribution in [0, 0.1) is 6.92 Å². The highest BCUT2D eigenvalue weighted by Gasteiger charge is 2.23. The van der Waals surface area contributed by atoms with E-state index in [9.17, 15) is 4.79 Å². The Kier molecular flexibility index (Phi) is 6.82. The first kappa shape index (κ1) is 22.4. The molecule has 4 aromatic rings. The Labute approximate surface area is 199 Å². The molecule has 0 spiro atoms. The van der Waals surface area contributed by atoms with Gasteiger partial charge in [-0.25, -0.2) is 0 Å². The summed E-state index contributed by atoms with van der Waals surface area (Å²) in [5.74, 6) is 2.01. The number of methoxy groups -OCH3 is 2. The molecule has 4 rings (SSSR count). The van der Waals surface area contributed by atoms with Crippen LogP contribution < -0.4 is 14.2 Å². The van der Waals surface area contributed by atoms with Crippen LogP contribution in [0.5, 0.6) is 17.2 Å². The van der Waals surface area contributed by atoms with Gasteiger partial charge < -0.3 is 14.2 Å². The summed E-state index contributed by atoms with van der Waals surface area (Å²) in [6, 6.07) is 17.4. The monoisotopic (exact) mass is 510 g/mol. The predicted octanol–water partition coefficient (Wildman–Crippen LogP) is 6.90. The van der Waals surface area contributed by atoms with Gasteiger partial charge in [-0.3, -0.25) is 4.79 Å². The molecule has 0 aliphatic heterocycles. The van der Waals surface area contributed by atoms with Crippen LogP contribution in [0.1, 0.15) is 21.5 Å². The van der Waals surface area contributed by atoms with E-state index in [2.05, 4.69) is 15.9 Å². The van der Waals surface area contributed by atoms with Crippen LogP contribution in [0.4, 0.5) is 0 Å². The van der Waals surface area contributed by atoms with Gasteiger partial charge in [-0.05, 0) is 42.8 Å². The van der Waals surface area contributed by atoms with Crippen LogP contribution in [-0.4, -0.2) is 31.9 Å². The molecule has 0 saturated heterocycles. The molecule has 0 amide bonds. The van der Waals surface area contributed by atoms with Gasteiger partial charge in [0.25, 0.3) is 0 Å². The van der Waals surface area contributed by atoms with Gasteiger partial charge in [-0.15, -0.1) is 11.3 Å². The van der Waals surface area contributed by atoms with Crippen molar-refractivity contribution >= 4 is 43.1 Å². The second-order valence-electron chi connectivity index (χ2n) is 7.24. The van der Waals surface area contributed by atoms with Gasteiger partial charge in [0.1, 0.15) is 17.2 Å². The number of aryl methyl sites for hydroxylation is 1. The first-order valence-electron chi connectivity index (χ1n) is 10.1. The molecule has 3 aromatic carbocycles. The quantitative estimate of drug-likeness (QED) is 0.191. The minimum atomic E-state index is -0.0140. The summed E-state index contributed by atoms with van der Waals surface area (Å²) in [5, 5.41) is 3.63. The highest BCUT2D eigenvalue weighted by atomic mass is 79.9. The van der Waals surface area contributed by atoms with Crippen molar-refractivity contribution in [2.75, 3.05) is 26.2 Å². The van der Waals surface area contributed by atoms with Crippen molar-refractivity contribution in [3.8, 4) is 28.4 Å². The molecule has 1 aromatic heterocycles. The third-order valence-electron chi connectivity index (χ3n) is 5.31. The van der Waals surface area contributed by atoms with Crippen molar-refractivity contribution < 1.29 is 19.0 Å². The summed E-state index contributed by atoms with van der Waals surface area (Å²) in [5.41, 5.74) is 3.78. The van der Waals surface area contributed by atoms with E-state index in [1.54, 1.807) is 25.6 Å². The Hall–Kier alpha value is -2.83. The minimum absolute atomic E-state index is 0.0140. The second-order valence-corrected chi connectivity index (χ2v) is 8.95. The van der Waals surface area contributed by atoms with Crippen molar-refractivity contribution in [2.24, 2.45) is 0 Å². The van der Waals surface area contributed by atoms with Crippen molar-refractivity contribution in [3.05, 3.63) is 76.7 Å². The molecule has 0 radical (unpaired) electrons. The summed E-state index contributed by atoms with van der Waals surface area (Å²) in [6.07, 6.45) is 0. The SMILES string of the molecule is COc1ccc(-c2cc(OCCBr)cc(C)c2C(=O)c2csc3ccccc23)c(OC)c1. The molecule has 0 saturated carbocycles. The van der Waals surface area contributed by atoms with Gasteiger partial charge in [0.2, 0.25) is 0 Å². The molecule has 0 fully saturated rings. The van der Waals surface area contributed by atoms with E-state index < -0.39 is 0 Å². The smallest absolute Gasteiger partial charge is 0.195 e. The molecule has 1 heterocycles. The molecule has 0 atom stereocenters. The van der Waals surface area contributed by atoms with Gasteiger partial charge in [0.15, 0.2) is 5.78 Å². The van der Waals surface area contributed by atoms with Gasteiger partial charge in [0, 0.05) is 49.1 Å². The Bertz CT molecular complexity index is 1280.